The third-order valence-electron chi connectivity index (χ3n) is 3.17. The number of alkyl halides is 8. The lowest BCUT2D eigenvalue weighted by Crippen LogP contribution is -2.65. The number of benzene rings is 1. The van der Waals surface area contributed by atoms with E-state index in [2.05, 4.69) is 9.05 Å². The molecule has 1 aromatic rings. The molecule has 0 aliphatic carbocycles. The molecule has 0 saturated carbocycles. The van der Waals surface area contributed by atoms with E-state index >= 15 is 0 Å². The molecule has 1 atom stereocenters. The maximum Gasteiger partial charge on any atom is 0.456 e. The third-order valence-corrected chi connectivity index (χ3v) is 4.35. The van der Waals surface area contributed by atoms with E-state index in [4.69, 9.17) is 5.50 Å². The van der Waals surface area contributed by atoms with E-state index in [1.165, 1.54) is 18.2 Å². The monoisotopic (exact) mass is 415 g/mol. The molecule has 13 heteroatoms. The van der Waals surface area contributed by atoms with E-state index in [0.29, 0.717) is 0 Å². The molecule has 0 aliphatic rings. The van der Waals surface area contributed by atoms with Gasteiger partial charge in [-0.1, -0.05) is 18.2 Å². The zero-order valence-electron chi connectivity index (χ0n) is 13.2. The van der Waals surface area contributed by atoms with Crippen LogP contribution >= 0.6 is 7.75 Å². The molecule has 4 nitrogen and oxygen atoms in total. The Bertz CT molecular complexity index is 669. The van der Waals surface area contributed by atoms with Crippen molar-refractivity contribution >= 4 is 7.75 Å². The van der Waals surface area contributed by atoms with E-state index in [1.54, 1.807) is 0 Å². The van der Waals surface area contributed by atoms with Crippen LogP contribution in [0.2, 0.25) is 0 Å². The van der Waals surface area contributed by atoms with E-state index < -0.39 is 37.5 Å². The summed E-state index contributed by atoms with van der Waals surface area (Å²) in [6, 6.07) is 6.51. The van der Waals surface area contributed by atoms with E-state index in [-0.39, 0.29) is 19.6 Å². The maximum atomic E-state index is 14.0. The number of para-hydroxylation sites is 1. The molecule has 0 heterocycles. The average molecular weight is 415 g/mol. The van der Waals surface area contributed by atoms with Gasteiger partial charge in [-0.05, 0) is 26.0 Å². The van der Waals surface area contributed by atoms with Gasteiger partial charge in [-0.2, -0.15) is 26.3 Å². The van der Waals surface area contributed by atoms with Crippen LogP contribution in [0.4, 0.5) is 35.1 Å². The molecule has 1 aromatic carbocycles. The SMILES string of the molecule is CC(C)(O[P@](N)(=O)Oc1ccccc1)C(F)(F)C(F)(F)C(F)(F)C(F)F. The van der Waals surface area contributed by atoms with Gasteiger partial charge in [0.1, 0.15) is 11.4 Å². The molecule has 0 aliphatic heterocycles. The summed E-state index contributed by atoms with van der Waals surface area (Å²) < 4.78 is 126. The Morgan fingerprint density at radius 1 is 0.962 bits per heavy atom. The molecule has 150 valence electrons. The van der Waals surface area contributed by atoms with E-state index in [1.807, 2.05) is 0 Å². The fraction of sp³-hybridized carbons (Fsp3) is 0.538. The summed E-state index contributed by atoms with van der Waals surface area (Å²) in [6.07, 6.45) is -5.09. The molecule has 0 fully saturated rings. The first kappa shape index (κ1) is 22.7. The number of rotatable bonds is 8. The lowest BCUT2D eigenvalue weighted by atomic mass is 9.91. The zero-order chi connectivity index (χ0) is 20.6. The lowest BCUT2D eigenvalue weighted by Gasteiger charge is -2.41. The van der Waals surface area contributed by atoms with Crippen LogP contribution in [0, 0.1) is 0 Å². The van der Waals surface area contributed by atoms with Crippen molar-refractivity contribution in [2.75, 3.05) is 0 Å². The number of halogens is 8. The van der Waals surface area contributed by atoms with Crippen molar-refractivity contribution in [1.82, 2.24) is 0 Å². The van der Waals surface area contributed by atoms with Crippen molar-refractivity contribution in [3.63, 3.8) is 0 Å². The first-order valence-corrected chi connectivity index (χ1v) is 8.35. The molecule has 26 heavy (non-hydrogen) atoms. The van der Waals surface area contributed by atoms with Crippen molar-refractivity contribution in [2.45, 2.75) is 43.6 Å². The molecule has 0 radical (unpaired) electrons. The predicted molar refractivity (Wildman–Crippen MR) is 74.9 cm³/mol. The standard InChI is InChI=1S/C13H14F8NO3P/c1-10(2,12(18,19)13(20,21)11(16,17)9(14)15)25-26(22,23)24-8-6-4-3-5-7-8/h3-7,9H,1-2H3,(H2,22,23)/t26-/m1/s1. The summed E-state index contributed by atoms with van der Waals surface area (Å²) in [4.78, 5) is 0. The minimum absolute atomic E-state index is 0.135. The topological polar surface area (TPSA) is 61.5 Å². The van der Waals surface area contributed by atoms with Crippen molar-refractivity contribution < 1.29 is 48.7 Å². The Morgan fingerprint density at radius 2 is 1.42 bits per heavy atom. The van der Waals surface area contributed by atoms with Crippen LogP contribution in [0.5, 0.6) is 5.75 Å². The van der Waals surface area contributed by atoms with Crippen LogP contribution in [0.1, 0.15) is 13.8 Å². The highest BCUT2D eigenvalue weighted by Gasteiger charge is 2.80. The Kier molecular flexibility index (Phi) is 6.07. The lowest BCUT2D eigenvalue weighted by molar-refractivity contribution is -0.366. The van der Waals surface area contributed by atoms with Crippen LogP contribution in [0.25, 0.3) is 0 Å². The second-order valence-corrected chi connectivity index (χ2v) is 7.06. The van der Waals surface area contributed by atoms with Crippen molar-refractivity contribution in [2.24, 2.45) is 5.50 Å². The highest BCUT2D eigenvalue weighted by Crippen LogP contribution is 2.57. The summed E-state index contributed by atoms with van der Waals surface area (Å²) in [5, 5.41) is 0. The van der Waals surface area contributed by atoms with Crippen LogP contribution in [0.15, 0.2) is 30.3 Å². The van der Waals surface area contributed by atoms with Gasteiger partial charge in [0, 0.05) is 0 Å². The fourth-order valence-electron chi connectivity index (χ4n) is 1.75. The zero-order valence-corrected chi connectivity index (χ0v) is 14.1. The van der Waals surface area contributed by atoms with Gasteiger partial charge in [-0.3, -0.25) is 4.52 Å². The quantitative estimate of drug-likeness (QED) is 0.474. The Morgan fingerprint density at radius 3 is 1.85 bits per heavy atom. The molecule has 0 bridgehead atoms. The van der Waals surface area contributed by atoms with Crippen LogP contribution in [0.3, 0.4) is 0 Å². The number of hydrogen-bond donors (Lipinski definition) is 1. The highest BCUT2D eigenvalue weighted by molar-refractivity contribution is 7.51. The molecule has 1 rings (SSSR count). The number of hydrogen-bond acceptors (Lipinski definition) is 3. The van der Waals surface area contributed by atoms with Gasteiger partial charge >= 0.3 is 31.9 Å². The Labute approximate surface area is 142 Å². The fourth-order valence-corrected chi connectivity index (χ4v) is 2.95. The molecule has 0 amide bonds. The summed E-state index contributed by atoms with van der Waals surface area (Å²) in [5.41, 5.74) is 1.37. The predicted octanol–water partition coefficient (Wildman–Crippen LogP) is 5.10. The van der Waals surface area contributed by atoms with Gasteiger partial charge in [0.15, 0.2) is 0 Å². The minimum atomic E-state index is -6.55. The highest BCUT2D eigenvalue weighted by atomic mass is 31.2. The van der Waals surface area contributed by atoms with Gasteiger partial charge in [0.05, 0.1) is 0 Å². The summed E-state index contributed by atoms with van der Waals surface area (Å²) in [7, 11) is -5.02. The summed E-state index contributed by atoms with van der Waals surface area (Å²) >= 11 is 0. The van der Waals surface area contributed by atoms with Crippen molar-refractivity contribution in [1.29, 1.82) is 0 Å². The van der Waals surface area contributed by atoms with Crippen LogP contribution in [-0.2, 0) is 9.09 Å². The minimum Gasteiger partial charge on any atom is -0.413 e. The van der Waals surface area contributed by atoms with E-state index in [0.717, 1.165) is 12.1 Å². The van der Waals surface area contributed by atoms with Gasteiger partial charge in [0.2, 0.25) is 0 Å². The molecular formula is C13H14F8NO3P. The Balaban J connectivity index is 3.16. The first-order valence-electron chi connectivity index (χ1n) is 6.73. The van der Waals surface area contributed by atoms with Crippen LogP contribution < -0.4 is 10.0 Å². The van der Waals surface area contributed by atoms with Gasteiger partial charge < -0.3 is 4.52 Å². The maximum absolute atomic E-state index is 14.0. The molecule has 0 spiro atoms. The summed E-state index contributed by atoms with van der Waals surface area (Å²) in [5.74, 6) is -19.1. The van der Waals surface area contributed by atoms with Crippen LogP contribution in [-0.4, -0.2) is 29.8 Å². The molecule has 0 unspecified atom stereocenters. The molecule has 0 aromatic heterocycles. The third kappa shape index (κ3) is 4.12. The largest absolute Gasteiger partial charge is 0.456 e. The second kappa shape index (κ2) is 6.97. The first-order chi connectivity index (χ1) is 11.5. The molecular weight excluding hydrogens is 401 g/mol. The van der Waals surface area contributed by atoms with Gasteiger partial charge in [-0.15, -0.1) is 0 Å². The average Bonchev–Trinajstić information content (AvgIpc) is 2.45. The normalized spacial score (nSPS) is 16.5. The number of nitrogens with two attached hydrogens (primary N) is 1. The van der Waals surface area contributed by atoms with Gasteiger partial charge in [0.25, 0.3) is 0 Å². The Hall–Kier alpha value is -1.39. The van der Waals surface area contributed by atoms with Crippen molar-refractivity contribution in [3.8, 4) is 5.75 Å². The van der Waals surface area contributed by atoms with Crippen molar-refractivity contribution in [3.05, 3.63) is 30.3 Å². The summed E-state index contributed by atoms with van der Waals surface area (Å²) in [6.45, 7) is 0.270. The van der Waals surface area contributed by atoms with E-state index in [9.17, 15) is 39.7 Å². The van der Waals surface area contributed by atoms with Gasteiger partial charge in [-0.25, -0.2) is 18.9 Å². The molecule has 0 saturated heterocycles. The second-order valence-electron chi connectivity index (χ2n) is 5.62. The smallest absolute Gasteiger partial charge is 0.413 e. The molecule has 2 N–H and O–H groups in total.